The molecule has 0 aliphatic rings. The third-order valence-corrected chi connectivity index (χ3v) is 3.36. The van der Waals surface area contributed by atoms with E-state index in [1.807, 2.05) is 56.8 Å². The van der Waals surface area contributed by atoms with Crippen molar-refractivity contribution in [2.24, 2.45) is 7.05 Å². The first-order valence-corrected chi connectivity index (χ1v) is 6.58. The Hall–Kier alpha value is -2.30. The predicted molar refractivity (Wildman–Crippen MR) is 79.7 cm³/mol. The number of carbonyl (C=O) groups is 1. The first-order chi connectivity index (χ1) is 9.47. The van der Waals surface area contributed by atoms with E-state index in [9.17, 15) is 4.79 Å². The van der Waals surface area contributed by atoms with Crippen molar-refractivity contribution in [2.75, 3.05) is 5.32 Å². The zero-order valence-corrected chi connectivity index (χ0v) is 12.3. The van der Waals surface area contributed by atoms with Crippen molar-refractivity contribution in [3.8, 4) is 0 Å². The van der Waals surface area contributed by atoms with Crippen molar-refractivity contribution in [2.45, 2.75) is 27.3 Å². The fourth-order valence-corrected chi connectivity index (χ4v) is 2.14. The maximum atomic E-state index is 11.9. The van der Waals surface area contributed by atoms with Crippen LogP contribution in [0.15, 0.2) is 24.3 Å². The second-order valence-electron chi connectivity index (χ2n) is 4.95. The Kier molecular flexibility index (Phi) is 4.08. The van der Waals surface area contributed by atoms with Gasteiger partial charge in [-0.2, -0.15) is 5.10 Å². The van der Waals surface area contributed by atoms with Gasteiger partial charge in [0.1, 0.15) is 0 Å². The van der Waals surface area contributed by atoms with E-state index in [1.165, 1.54) is 0 Å². The summed E-state index contributed by atoms with van der Waals surface area (Å²) in [5, 5.41) is 10.0. The smallest absolute Gasteiger partial charge is 0.319 e. The highest BCUT2D eigenvalue weighted by Crippen LogP contribution is 2.12. The summed E-state index contributed by atoms with van der Waals surface area (Å²) in [6, 6.07) is 7.50. The van der Waals surface area contributed by atoms with Crippen LogP contribution in [-0.4, -0.2) is 15.8 Å². The highest BCUT2D eigenvalue weighted by molar-refractivity contribution is 5.89. The van der Waals surface area contributed by atoms with E-state index >= 15 is 0 Å². The third kappa shape index (κ3) is 3.17. The van der Waals surface area contributed by atoms with Crippen LogP contribution >= 0.6 is 0 Å². The maximum Gasteiger partial charge on any atom is 0.319 e. The van der Waals surface area contributed by atoms with Gasteiger partial charge in [-0.15, -0.1) is 0 Å². The maximum absolute atomic E-state index is 11.9. The summed E-state index contributed by atoms with van der Waals surface area (Å²) in [4.78, 5) is 11.9. The molecule has 1 heterocycles. The molecule has 0 spiro atoms. The molecule has 0 aliphatic carbocycles. The lowest BCUT2D eigenvalue weighted by molar-refractivity contribution is 0.251. The van der Waals surface area contributed by atoms with Gasteiger partial charge >= 0.3 is 6.03 Å². The van der Waals surface area contributed by atoms with Gasteiger partial charge in [0.15, 0.2) is 0 Å². The van der Waals surface area contributed by atoms with Crippen LogP contribution < -0.4 is 10.6 Å². The summed E-state index contributed by atoms with van der Waals surface area (Å²) >= 11 is 0. The number of nitrogens with one attached hydrogen (secondary N) is 2. The molecule has 5 nitrogen and oxygen atoms in total. The molecule has 20 heavy (non-hydrogen) atoms. The molecule has 1 aromatic carbocycles. The standard InChI is InChI=1S/C15H20N4O/c1-10-6-5-7-13(8-10)17-15(20)16-9-14-11(2)18-19(4)12(14)3/h5-8H,9H2,1-4H3,(H2,16,17,20). The molecule has 0 fully saturated rings. The van der Waals surface area contributed by atoms with Crippen molar-refractivity contribution >= 4 is 11.7 Å². The summed E-state index contributed by atoms with van der Waals surface area (Å²) in [7, 11) is 1.90. The van der Waals surface area contributed by atoms with E-state index in [0.29, 0.717) is 6.54 Å². The number of hydrogen-bond donors (Lipinski definition) is 2. The molecule has 106 valence electrons. The zero-order chi connectivity index (χ0) is 14.7. The summed E-state index contributed by atoms with van der Waals surface area (Å²) in [6.45, 7) is 6.41. The molecule has 2 N–H and O–H groups in total. The van der Waals surface area contributed by atoms with Crippen LogP contribution in [0.3, 0.4) is 0 Å². The van der Waals surface area contributed by atoms with Crippen LogP contribution in [0.2, 0.25) is 0 Å². The first kappa shape index (κ1) is 14.1. The Labute approximate surface area is 119 Å². The zero-order valence-electron chi connectivity index (χ0n) is 12.3. The number of amides is 2. The topological polar surface area (TPSA) is 59.0 Å². The van der Waals surface area contributed by atoms with Crippen molar-refractivity contribution < 1.29 is 4.79 Å². The monoisotopic (exact) mass is 272 g/mol. The van der Waals surface area contributed by atoms with Gasteiger partial charge in [-0.3, -0.25) is 4.68 Å². The SMILES string of the molecule is Cc1cccc(NC(=O)NCc2c(C)nn(C)c2C)c1. The second kappa shape index (κ2) is 5.77. The van der Waals surface area contributed by atoms with Crippen LogP contribution in [0.25, 0.3) is 0 Å². The third-order valence-electron chi connectivity index (χ3n) is 3.36. The van der Waals surface area contributed by atoms with Crippen LogP contribution in [0.4, 0.5) is 10.5 Å². The van der Waals surface area contributed by atoms with Gasteiger partial charge in [0.2, 0.25) is 0 Å². The molecule has 2 rings (SSSR count). The second-order valence-corrected chi connectivity index (χ2v) is 4.95. The van der Waals surface area contributed by atoms with Crippen molar-refractivity contribution in [3.63, 3.8) is 0 Å². The Morgan fingerprint density at radius 2 is 2.05 bits per heavy atom. The Morgan fingerprint density at radius 3 is 2.65 bits per heavy atom. The minimum atomic E-state index is -0.210. The first-order valence-electron chi connectivity index (χ1n) is 6.58. The van der Waals surface area contributed by atoms with Crippen LogP contribution in [-0.2, 0) is 13.6 Å². The molecule has 1 aromatic heterocycles. The van der Waals surface area contributed by atoms with Gasteiger partial charge in [-0.05, 0) is 38.5 Å². The molecule has 0 radical (unpaired) electrons. The number of rotatable bonds is 3. The number of nitrogens with zero attached hydrogens (tertiary/aromatic N) is 2. The van der Waals surface area contributed by atoms with E-state index < -0.39 is 0 Å². The number of aromatic nitrogens is 2. The molecule has 2 amide bonds. The molecule has 0 atom stereocenters. The van der Waals surface area contributed by atoms with Gasteiger partial charge in [0, 0.05) is 30.5 Å². The quantitative estimate of drug-likeness (QED) is 0.902. The Morgan fingerprint density at radius 1 is 1.30 bits per heavy atom. The van der Waals surface area contributed by atoms with Crippen molar-refractivity contribution in [1.29, 1.82) is 0 Å². The lowest BCUT2D eigenvalue weighted by Crippen LogP contribution is -2.28. The molecular weight excluding hydrogens is 252 g/mol. The highest BCUT2D eigenvalue weighted by atomic mass is 16.2. The Balaban J connectivity index is 1.96. The lowest BCUT2D eigenvalue weighted by Gasteiger charge is -2.08. The molecule has 0 aliphatic heterocycles. The van der Waals surface area contributed by atoms with Crippen LogP contribution in [0, 0.1) is 20.8 Å². The predicted octanol–water partition coefficient (Wildman–Crippen LogP) is 2.67. The number of anilines is 1. The average molecular weight is 272 g/mol. The summed E-state index contributed by atoms with van der Waals surface area (Å²) in [5.41, 5.74) is 4.98. The van der Waals surface area contributed by atoms with Crippen LogP contribution in [0.1, 0.15) is 22.5 Å². The minimum absolute atomic E-state index is 0.210. The number of urea groups is 1. The van der Waals surface area contributed by atoms with Crippen molar-refractivity contribution in [1.82, 2.24) is 15.1 Å². The van der Waals surface area contributed by atoms with E-state index in [-0.39, 0.29) is 6.03 Å². The molecular formula is C15H20N4O. The van der Waals surface area contributed by atoms with Gasteiger partial charge in [0.25, 0.3) is 0 Å². The highest BCUT2D eigenvalue weighted by Gasteiger charge is 2.10. The Bertz CT molecular complexity index is 631. The van der Waals surface area contributed by atoms with E-state index in [0.717, 1.165) is 28.2 Å². The normalized spacial score (nSPS) is 10.4. The van der Waals surface area contributed by atoms with Gasteiger partial charge < -0.3 is 10.6 Å². The summed E-state index contributed by atoms with van der Waals surface area (Å²) < 4.78 is 1.82. The van der Waals surface area contributed by atoms with Crippen LogP contribution in [0.5, 0.6) is 0 Å². The summed E-state index contributed by atoms with van der Waals surface area (Å²) in [5.74, 6) is 0. The molecule has 0 unspecified atom stereocenters. The van der Waals surface area contributed by atoms with Gasteiger partial charge in [0.05, 0.1) is 5.69 Å². The minimum Gasteiger partial charge on any atom is -0.334 e. The molecule has 2 aromatic rings. The van der Waals surface area contributed by atoms with Gasteiger partial charge in [-0.25, -0.2) is 4.79 Å². The fraction of sp³-hybridized carbons (Fsp3) is 0.333. The molecule has 5 heteroatoms. The van der Waals surface area contributed by atoms with E-state index in [2.05, 4.69) is 15.7 Å². The van der Waals surface area contributed by atoms with Gasteiger partial charge in [-0.1, -0.05) is 12.1 Å². The molecule has 0 bridgehead atoms. The molecule has 0 saturated heterocycles. The lowest BCUT2D eigenvalue weighted by atomic mass is 10.2. The fourth-order valence-electron chi connectivity index (χ4n) is 2.14. The number of carbonyl (C=O) groups excluding carboxylic acids is 1. The largest absolute Gasteiger partial charge is 0.334 e. The molecule has 0 saturated carbocycles. The average Bonchev–Trinajstić information content (AvgIpc) is 2.61. The number of benzene rings is 1. The number of hydrogen-bond acceptors (Lipinski definition) is 2. The van der Waals surface area contributed by atoms with E-state index in [1.54, 1.807) is 0 Å². The van der Waals surface area contributed by atoms with E-state index in [4.69, 9.17) is 0 Å². The summed E-state index contributed by atoms with van der Waals surface area (Å²) in [6.07, 6.45) is 0. The number of aryl methyl sites for hydroxylation is 3. The van der Waals surface area contributed by atoms with Crippen molar-refractivity contribution in [3.05, 3.63) is 46.8 Å².